The van der Waals surface area contributed by atoms with Gasteiger partial charge in [0.1, 0.15) is 12.2 Å². The normalized spacial score (nSPS) is 31.2. The smallest absolute Gasteiger partial charge is 0.163 e. The van der Waals surface area contributed by atoms with Crippen LogP contribution in [-0.2, 0) is 9.47 Å². The number of nitrogens with two attached hydrogens (primary N) is 2. The highest BCUT2D eigenvalue weighted by Crippen LogP contribution is 2.31. The van der Waals surface area contributed by atoms with Crippen molar-refractivity contribution >= 4 is 0 Å². The van der Waals surface area contributed by atoms with Crippen molar-refractivity contribution < 1.29 is 9.47 Å². The number of hydrogen-bond donors (Lipinski definition) is 2. The lowest BCUT2D eigenvalue weighted by Crippen LogP contribution is -2.35. The van der Waals surface area contributed by atoms with Crippen LogP contribution in [0.4, 0.5) is 0 Å². The van der Waals surface area contributed by atoms with Crippen molar-refractivity contribution in [2.24, 2.45) is 16.9 Å². The van der Waals surface area contributed by atoms with Gasteiger partial charge in [0.2, 0.25) is 0 Å². The largest absolute Gasteiger partial charge is 0.345 e. The average Bonchev–Trinajstić information content (AvgIpc) is 2.45. The van der Waals surface area contributed by atoms with Crippen molar-refractivity contribution in [3.05, 3.63) is 0 Å². The van der Waals surface area contributed by atoms with Crippen LogP contribution in [0.1, 0.15) is 20.8 Å². The van der Waals surface area contributed by atoms with E-state index in [0.717, 1.165) is 0 Å². The molecule has 0 unspecified atom stereocenters. The second-order valence-electron chi connectivity index (χ2n) is 4.52. The summed E-state index contributed by atoms with van der Waals surface area (Å²) < 4.78 is 11.3. The van der Waals surface area contributed by atoms with Gasteiger partial charge in [-0.25, -0.2) is 0 Å². The summed E-state index contributed by atoms with van der Waals surface area (Å²) >= 11 is 0. The Hall–Kier alpha value is -0.160. The minimum absolute atomic E-state index is 0.0165. The van der Waals surface area contributed by atoms with Crippen LogP contribution in [-0.4, -0.2) is 31.6 Å². The third-order valence-corrected chi connectivity index (χ3v) is 2.18. The van der Waals surface area contributed by atoms with Crippen molar-refractivity contribution in [2.75, 3.05) is 13.1 Å². The molecule has 0 aromatic heterocycles. The molecule has 1 rings (SSSR count). The Bertz CT molecular complexity index is 155. The highest BCUT2D eigenvalue weighted by Gasteiger charge is 2.40. The van der Waals surface area contributed by atoms with E-state index >= 15 is 0 Å². The molecule has 0 aliphatic carbocycles. The molecule has 1 aliphatic heterocycles. The first-order chi connectivity index (χ1) is 5.99. The fourth-order valence-corrected chi connectivity index (χ4v) is 1.35. The SMILES string of the molecule is CC(C)(C)C1O[C@H](CN)[C@@H](CN)O1. The topological polar surface area (TPSA) is 70.5 Å². The van der Waals surface area contributed by atoms with Gasteiger partial charge in [0.05, 0.1) is 0 Å². The van der Waals surface area contributed by atoms with Crippen LogP contribution in [0.5, 0.6) is 0 Å². The highest BCUT2D eigenvalue weighted by molar-refractivity contribution is 4.83. The quantitative estimate of drug-likeness (QED) is 0.643. The fourth-order valence-electron chi connectivity index (χ4n) is 1.35. The van der Waals surface area contributed by atoms with E-state index in [4.69, 9.17) is 20.9 Å². The van der Waals surface area contributed by atoms with Crippen LogP contribution < -0.4 is 11.5 Å². The zero-order valence-electron chi connectivity index (χ0n) is 8.62. The van der Waals surface area contributed by atoms with Crippen LogP contribution in [0.25, 0.3) is 0 Å². The maximum absolute atomic E-state index is 5.65. The first-order valence-corrected chi connectivity index (χ1v) is 4.70. The highest BCUT2D eigenvalue weighted by atomic mass is 16.7. The summed E-state index contributed by atoms with van der Waals surface area (Å²) in [5, 5.41) is 0. The van der Waals surface area contributed by atoms with Crippen molar-refractivity contribution in [3.63, 3.8) is 0 Å². The van der Waals surface area contributed by atoms with Gasteiger partial charge >= 0.3 is 0 Å². The number of rotatable bonds is 2. The lowest BCUT2D eigenvalue weighted by atomic mass is 9.96. The molecule has 1 fully saturated rings. The van der Waals surface area contributed by atoms with E-state index in [2.05, 4.69) is 20.8 Å². The molecule has 1 heterocycles. The molecule has 0 bridgehead atoms. The lowest BCUT2D eigenvalue weighted by Gasteiger charge is -2.25. The molecule has 13 heavy (non-hydrogen) atoms. The second-order valence-corrected chi connectivity index (χ2v) is 4.52. The monoisotopic (exact) mass is 188 g/mol. The summed E-state index contributed by atoms with van der Waals surface area (Å²) in [5.41, 5.74) is 11.1. The Morgan fingerprint density at radius 3 is 1.62 bits per heavy atom. The van der Waals surface area contributed by atoms with Crippen LogP contribution in [0.2, 0.25) is 0 Å². The summed E-state index contributed by atoms with van der Waals surface area (Å²) in [5.74, 6) is 0. The van der Waals surface area contributed by atoms with E-state index < -0.39 is 0 Å². The van der Waals surface area contributed by atoms with Gasteiger partial charge in [0.15, 0.2) is 6.29 Å². The molecule has 0 aromatic rings. The third-order valence-electron chi connectivity index (χ3n) is 2.18. The predicted octanol–water partition coefficient (Wildman–Crippen LogP) is 0.0600. The van der Waals surface area contributed by atoms with Gasteiger partial charge in [-0.15, -0.1) is 0 Å². The molecule has 4 nitrogen and oxygen atoms in total. The van der Waals surface area contributed by atoms with E-state index in [9.17, 15) is 0 Å². The Morgan fingerprint density at radius 1 is 1.00 bits per heavy atom. The summed E-state index contributed by atoms with van der Waals surface area (Å²) in [6.07, 6.45) is -0.280. The standard InChI is InChI=1S/C9H20N2O2/c1-9(2,3)8-12-6(4-10)7(5-11)13-8/h6-8H,4-5,10-11H2,1-3H3/t6-,7-/m1/s1. The van der Waals surface area contributed by atoms with Gasteiger partial charge in [0, 0.05) is 18.5 Å². The molecule has 0 amide bonds. The third kappa shape index (κ3) is 2.40. The van der Waals surface area contributed by atoms with Crippen molar-refractivity contribution in [1.82, 2.24) is 0 Å². The zero-order valence-corrected chi connectivity index (χ0v) is 8.62. The maximum atomic E-state index is 5.65. The molecule has 1 aliphatic rings. The summed E-state index contributed by atoms with van der Waals surface area (Å²) in [4.78, 5) is 0. The summed E-state index contributed by atoms with van der Waals surface area (Å²) in [6.45, 7) is 7.15. The van der Waals surface area contributed by atoms with E-state index in [1.54, 1.807) is 0 Å². The molecular formula is C9H20N2O2. The van der Waals surface area contributed by atoms with Crippen molar-refractivity contribution in [3.8, 4) is 0 Å². The average molecular weight is 188 g/mol. The molecule has 4 N–H and O–H groups in total. The minimum atomic E-state index is -0.186. The first kappa shape index (κ1) is 10.9. The number of ether oxygens (including phenoxy) is 2. The number of hydrogen-bond acceptors (Lipinski definition) is 4. The second kappa shape index (κ2) is 3.92. The first-order valence-electron chi connectivity index (χ1n) is 4.70. The van der Waals surface area contributed by atoms with Crippen LogP contribution in [0, 0.1) is 5.41 Å². The Morgan fingerprint density at radius 2 is 1.38 bits per heavy atom. The van der Waals surface area contributed by atoms with Gasteiger partial charge in [-0.2, -0.15) is 0 Å². The van der Waals surface area contributed by atoms with E-state index in [-0.39, 0.29) is 23.9 Å². The Balaban J connectivity index is 2.58. The summed E-state index contributed by atoms with van der Waals surface area (Å²) in [6, 6.07) is 0. The van der Waals surface area contributed by atoms with Crippen molar-refractivity contribution in [2.45, 2.75) is 39.3 Å². The predicted molar refractivity (Wildman–Crippen MR) is 51.1 cm³/mol. The van der Waals surface area contributed by atoms with Gasteiger partial charge in [-0.3, -0.25) is 0 Å². The molecule has 4 heteroatoms. The van der Waals surface area contributed by atoms with E-state index in [1.165, 1.54) is 0 Å². The molecule has 0 spiro atoms. The van der Waals surface area contributed by atoms with Crippen LogP contribution >= 0.6 is 0 Å². The Labute approximate surface area is 79.6 Å². The lowest BCUT2D eigenvalue weighted by molar-refractivity contribution is -0.130. The summed E-state index contributed by atoms with van der Waals surface area (Å²) in [7, 11) is 0. The molecule has 78 valence electrons. The van der Waals surface area contributed by atoms with Gasteiger partial charge in [-0.1, -0.05) is 20.8 Å². The van der Waals surface area contributed by atoms with Crippen LogP contribution in [0.15, 0.2) is 0 Å². The van der Waals surface area contributed by atoms with E-state index in [1.807, 2.05) is 0 Å². The zero-order chi connectivity index (χ0) is 10.1. The molecule has 1 saturated heterocycles. The molecular weight excluding hydrogens is 168 g/mol. The van der Waals surface area contributed by atoms with Crippen molar-refractivity contribution in [1.29, 1.82) is 0 Å². The van der Waals surface area contributed by atoms with Gasteiger partial charge in [-0.05, 0) is 0 Å². The van der Waals surface area contributed by atoms with Gasteiger partial charge in [0.25, 0.3) is 0 Å². The molecule has 0 aromatic carbocycles. The molecule has 2 atom stereocenters. The minimum Gasteiger partial charge on any atom is -0.345 e. The molecule has 0 saturated carbocycles. The molecule has 0 radical (unpaired) electrons. The Kier molecular flexibility index (Phi) is 3.29. The van der Waals surface area contributed by atoms with Crippen LogP contribution in [0.3, 0.4) is 0 Å². The maximum Gasteiger partial charge on any atom is 0.163 e. The fraction of sp³-hybridized carbons (Fsp3) is 1.00. The van der Waals surface area contributed by atoms with E-state index in [0.29, 0.717) is 13.1 Å². The van der Waals surface area contributed by atoms with Gasteiger partial charge < -0.3 is 20.9 Å².